The van der Waals surface area contributed by atoms with Crippen LogP contribution in [0.3, 0.4) is 0 Å². The van der Waals surface area contributed by atoms with Gasteiger partial charge in [-0.1, -0.05) is 11.6 Å². The number of hydrogen-bond acceptors (Lipinski definition) is 6. The van der Waals surface area contributed by atoms with Gasteiger partial charge in [0.05, 0.1) is 5.69 Å². The Morgan fingerprint density at radius 2 is 1.78 bits per heavy atom. The standard InChI is InChI=1S/C26H30ClN5O4/c1-19(33)32-13-11-31(12-14-32)15-16-35-25-8-5-21(17-23(25)24-9-10-28-30(24)2)29-26(34)18-36-22-6-3-20(27)4-7-22/h3-10,17H,11-16,18H2,1-2H3,(H,29,34). The van der Waals surface area contributed by atoms with Gasteiger partial charge in [-0.2, -0.15) is 5.10 Å². The molecule has 2 aromatic carbocycles. The molecule has 36 heavy (non-hydrogen) atoms. The Balaban J connectivity index is 1.37. The van der Waals surface area contributed by atoms with Crippen molar-refractivity contribution in [1.29, 1.82) is 0 Å². The first-order valence-corrected chi connectivity index (χ1v) is 12.2. The van der Waals surface area contributed by atoms with E-state index < -0.39 is 0 Å². The predicted octanol–water partition coefficient (Wildman–Crippen LogP) is 3.30. The van der Waals surface area contributed by atoms with Gasteiger partial charge in [0, 0.05) is 69.2 Å². The zero-order chi connectivity index (χ0) is 25.5. The van der Waals surface area contributed by atoms with E-state index in [1.807, 2.05) is 30.1 Å². The average Bonchev–Trinajstić information content (AvgIpc) is 3.30. The number of nitrogens with zero attached hydrogens (tertiary/aromatic N) is 4. The lowest BCUT2D eigenvalue weighted by Crippen LogP contribution is -2.48. The molecule has 0 radical (unpaired) electrons. The minimum absolute atomic E-state index is 0.121. The van der Waals surface area contributed by atoms with Crippen molar-refractivity contribution in [3.8, 4) is 22.8 Å². The van der Waals surface area contributed by atoms with E-state index in [0.717, 1.165) is 44.0 Å². The number of carbonyl (C=O) groups is 2. The molecule has 0 bridgehead atoms. The highest BCUT2D eigenvalue weighted by Crippen LogP contribution is 2.32. The van der Waals surface area contributed by atoms with Crippen LogP contribution in [0.25, 0.3) is 11.3 Å². The molecule has 4 rings (SSSR count). The maximum Gasteiger partial charge on any atom is 0.262 e. The van der Waals surface area contributed by atoms with Crippen molar-refractivity contribution in [3.63, 3.8) is 0 Å². The molecule has 9 nitrogen and oxygen atoms in total. The number of aromatic nitrogens is 2. The van der Waals surface area contributed by atoms with E-state index in [2.05, 4.69) is 15.3 Å². The van der Waals surface area contributed by atoms with Gasteiger partial charge in [-0.25, -0.2) is 0 Å². The number of anilines is 1. The molecule has 0 saturated carbocycles. The van der Waals surface area contributed by atoms with Crippen LogP contribution in [-0.4, -0.2) is 77.3 Å². The van der Waals surface area contributed by atoms with Gasteiger partial charge >= 0.3 is 0 Å². The van der Waals surface area contributed by atoms with E-state index in [1.165, 1.54) is 0 Å². The molecule has 1 aliphatic heterocycles. The molecule has 1 aliphatic rings. The summed E-state index contributed by atoms with van der Waals surface area (Å²) in [6, 6.07) is 14.3. The molecule has 190 valence electrons. The number of halogens is 1. The van der Waals surface area contributed by atoms with Gasteiger partial charge in [-0.3, -0.25) is 19.2 Å². The van der Waals surface area contributed by atoms with Gasteiger partial charge < -0.3 is 19.7 Å². The Morgan fingerprint density at radius 3 is 2.44 bits per heavy atom. The smallest absolute Gasteiger partial charge is 0.262 e. The van der Waals surface area contributed by atoms with Crippen LogP contribution in [0, 0.1) is 0 Å². The Labute approximate surface area is 215 Å². The summed E-state index contributed by atoms with van der Waals surface area (Å²) in [5.41, 5.74) is 2.32. The van der Waals surface area contributed by atoms with Crippen LogP contribution in [-0.2, 0) is 16.6 Å². The van der Waals surface area contributed by atoms with Crippen molar-refractivity contribution in [3.05, 3.63) is 59.8 Å². The maximum atomic E-state index is 12.5. The van der Waals surface area contributed by atoms with Gasteiger partial charge in [-0.05, 0) is 48.5 Å². The molecule has 2 amide bonds. The summed E-state index contributed by atoms with van der Waals surface area (Å²) >= 11 is 5.88. The highest BCUT2D eigenvalue weighted by atomic mass is 35.5. The maximum absolute atomic E-state index is 12.5. The van der Waals surface area contributed by atoms with Crippen LogP contribution in [0.1, 0.15) is 6.92 Å². The van der Waals surface area contributed by atoms with Crippen LogP contribution in [0.15, 0.2) is 54.7 Å². The van der Waals surface area contributed by atoms with Crippen molar-refractivity contribution in [2.45, 2.75) is 6.92 Å². The lowest BCUT2D eigenvalue weighted by atomic mass is 10.1. The number of hydrogen-bond donors (Lipinski definition) is 1. The van der Waals surface area contributed by atoms with E-state index >= 15 is 0 Å². The van der Waals surface area contributed by atoms with Gasteiger partial charge in [0.2, 0.25) is 5.91 Å². The second-order valence-corrected chi connectivity index (χ2v) is 8.97. The molecule has 0 unspecified atom stereocenters. The summed E-state index contributed by atoms with van der Waals surface area (Å²) < 4.78 is 13.5. The lowest BCUT2D eigenvalue weighted by Gasteiger charge is -2.34. The third kappa shape index (κ3) is 6.77. The fourth-order valence-electron chi connectivity index (χ4n) is 4.02. The van der Waals surface area contributed by atoms with Crippen LogP contribution >= 0.6 is 11.6 Å². The second kappa shape index (κ2) is 11.9. The van der Waals surface area contributed by atoms with Crippen molar-refractivity contribution in [1.82, 2.24) is 19.6 Å². The summed E-state index contributed by atoms with van der Waals surface area (Å²) in [6.07, 6.45) is 1.72. The van der Waals surface area contributed by atoms with E-state index in [9.17, 15) is 9.59 Å². The summed E-state index contributed by atoms with van der Waals surface area (Å²) in [5.74, 6) is 1.11. The molecule has 1 fully saturated rings. The molecule has 0 aliphatic carbocycles. The normalized spacial score (nSPS) is 13.9. The predicted molar refractivity (Wildman–Crippen MR) is 138 cm³/mol. The molecule has 10 heteroatoms. The zero-order valence-corrected chi connectivity index (χ0v) is 21.2. The largest absolute Gasteiger partial charge is 0.492 e. The molecule has 1 saturated heterocycles. The highest BCUT2D eigenvalue weighted by molar-refractivity contribution is 6.30. The number of ether oxygens (including phenoxy) is 2. The third-order valence-electron chi connectivity index (χ3n) is 6.03. The molecular weight excluding hydrogens is 482 g/mol. The minimum atomic E-state index is -0.278. The van der Waals surface area contributed by atoms with Gasteiger partial charge in [0.15, 0.2) is 6.61 Å². The molecular formula is C26H30ClN5O4. The van der Waals surface area contributed by atoms with E-state index in [1.54, 1.807) is 48.1 Å². The molecule has 1 N–H and O–H groups in total. The monoisotopic (exact) mass is 511 g/mol. The molecule has 1 aromatic heterocycles. The average molecular weight is 512 g/mol. The first-order chi connectivity index (χ1) is 17.4. The van der Waals surface area contributed by atoms with Crippen LogP contribution in [0.2, 0.25) is 5.02 Å². The Hall–Kier alpha value is -3.56. The second-order valence-electron chi connectivity index (χ2n) is 8.54. The fraction of sp³-hybridized carbons (Fsp3) is 0.346. The summed E-state index contributed by atoms with van der Waals surface area (Å²) in [4.78, 5) is 28.2. The molecule has 3 aromatic rings. The number of aryl methyl sites for hydroxylation is 1. The van der Waals surface area contributed by atoms with Gasteiger partial charge in [0.1, 0.15) is 18.1 Å². The summed E-state index contributed by atoms with van der Waals surface area (Å²) in [6.45, 7) is 5.90. The molecule has 0 spiro atoms. The zero-order valence-electron chi connectivity index (χ0n) is 20.4. The lowest BCUT2D eigenvalue weighted by molar-refractivity contribution is -0.130. The number of carbonyl (C=O) groups excluding carboxylic acids is 2. The topological polar surface area (TPSA) is 88.9 Å². The highest BCUT2D eigenvalue weighted by Gasteiger charge is 2.19. The number of piperazine rings is 1. The summed E-state index contributed by atoms with van der Waals surface area (Å²) in [7, 11) is 1.86. The molecule has 0 atom stereocenters. The van der Waals surface area contributed by atoms with Crippen molar-refractivity contribution < 1.29 is 19.1 Å². The van der Waals surface area contributed by atoms with E-state index in [4.69, 9.17) is 21.1 Å². The van der Waals surface area contributed by atoms with Crippen LogP contribution in [0.4, 0.5) is 5.69 Å². The minimum Gasteiger partial charge on any atom is -0.492 e. The van der Waals surface area contributed by atoms with E-state index in [-0.39, 0.29) is 18.4 Å². The van der Waals surface area contributed by atoms with E-state index in [0.29, 0.717) is 28.8 Å². The summed E-state index contributed by atoms with van der Waals surface area (Å²) in [5, 5.41) is 7.75. The number of nitrogens with one attached hydrogen (secondary N) is 1. The van der Waals surface area contributed by atoms with Crippen LogP contribution in [0.5, 0.6) is 11.5 Å². The fourth-order valence-corrected chi connectivity index (χ4v) is 4.15. The number of benzene rings is 2. The third-order valence-corrected chi connectivity index (χ3v) is 6.28. The van der Waals surface area contributed by atoms with Crippen molar-refractivity contribution in [2.75, 3.05) is 51.3 Å². The SMILES string of the molecule is CC(=O)N1CCN(CCOc2ccc(NC(=O)COc3ccc(Cl)cc3)cc2-c2ccnn2C)CC1. The first kappa shape index (κ1) is 25.5. The number of amides is 2. The van der Waals surface area contributed by atoms with Gasteiger partial charge in [-0.15, -0.1) is 0 Å². The quantitative estimate of drug-likeness (QED) is 0.474. The van der Waals surface area contributed by atoms with Crippen molar-refractivity contribution in [2.24, 2.45) is 7.05 Å². The Morgan fingerprint density at radius 1 is 1.03 bits per heavy atom. The molecule has 2 heterocycles. The van der Waals surface area contributed by atoms with Crippen molar-refractivity contribution >= 4 is 29.1 Å². The van der Waals surface area contributed by atoms with Crippen LogP contribution < -0.4 is 14.8 Å². The number of rotatable bonds is 9. The Kier molecular flexibility index (Phi) is 8.45. The Bertz CT molecular complexity index is 1190. The van der Waals surface area contributed by atoms with Gasteiger partial charge in [0.25, 0.3) is 5.91 Å². The first-order valence-electron chi connectivity index (χ1n) is 11.8.